The second kappa shape index (κ2) is 9.08. The first-order valence-corrected chi connectivity index (χ1v) is 10.5. The second-order valence-electron chi connectivity index (χ2n) is 7.83. The van der Waals surface area contributed by atoms with Crippen LogP contribution >= 0.6 is 0 Å². The molecule has 1 aliphatic heterocycles. The first kappa shape index (κ1) is 22.0. The summed E-state index contributed by atoms with van der Waals surface area (Å²) in [5.74, 6) is -1.42. The van der Waals surface area contributed by atoms with Gasteiger partial charge in [0.25, 0.3) is 17.7 Å². The van der Waals surface area contributed by atoms with Gasteiger partial charge in [-0.15, -0.1) is 0 Å². The molecule has 0 spiro atoms. The first-order chi connectivity index (χ1) is 15.8. The van der Waals surface area contributed by atoms with E-state index in [9.17, 15) is 19.2 Å². The highest BCUT2D eigenvalue weighted by Crippen LogP contribution is 2.23. The largest absolute Gasteiger partial charge is 0.426 e. The molecular formula is C26H22N2O5. The molecule has 1 N–H and O–H groups in total. The van der Waals surface area contributed by atoms with Gasteiger partial charge in [-0.2, -0.15) is 0 Å². The fourth-order valence-electron chi connectivity index (χ4n) is 3.65. The maximum atomic E-state index is 12.5. The summed E-state index contributed by atoms with van der Waals surface area (Å²) >= 11 is 0. The number of nitrogens with zero attached hydrogens (tertiary/aromatic N) is 1. The molecular weight excluding hydrogens is 420 g/mol. The van der Waals surface area contributed by atoms with E-state index in [4.69, 9.17) is 4.74 Å². The lowest BCUT2D eigenvalue weighted by Gasteiger charge is -2.13. The van der Waals surface area contributed by atoms with Crippen molar-refractivity contribution in [2.45, 2.75) is 20.3 Å². The normalized spacial score (nSPS) is 12.5. The average Bonchev–Trinajstić information content (AvgIpc) is 3.04. The summed E-state index contributed by atoms with van der Waals surface area (Å²) < 4.78 is 5.29. The van der Waals surface area contributed by atoms with Crippen molar-refractivity contribution in [3.8, 4) is 5.75 Å². The van der Waals surface area contributed by atoms with Crippen molar-refractivity contribution >= 4 is 29.4 Å². The topological polar surface area (TPSA) is 92.8 Å². The number of hydrogen-bond acceptors (Lipinski definition) is 5. The molecule has 0 fully saturated rings. The minimum Gasteiger partial charge on any atom is -0.426 e. The molecule has 1 heterocycles. The van der Waals surface area contributed by atoms with E-state index in [1.165, 1.54) is 12.1 Å². The molecule has 4 rings (SSSR count). The fraction of sp³-hybridized carbons (Fsp3) is 0.154. The molecule has 0 bridgehead atoms. The lowest BCUT2D eigenvalue weighted by molar-refractivity contribution is -0.134. The van der Waals surface area contributed by atoms with Crippen molar-refractivity contribution < 1.29 is 23.9 Å². The predicted molar refractivity (Wildman–Crippen MR) is 122 cm³/mol. The molecule has 0 atom stereocenters. The number of hydrogen-bond donors (Lipinski definition) is 1. The van der Waals surface area contributed by atoms with E-state index in [2.05, 4.69) is 5.32 Å². The number of carbonyl (C=O) groups is 4. The van der Waals surface area contributed by atoms with Crippen LogP contribution in [0.1, 0.15) is 48.6 Å². The Morgan fingerprint density at radius 1 is 0.879 bits per heavy atom. The molecule has 0 saturated carbocycles. The van der Waals surface area contributed by atoms with Crippen molar-refractivity contribution in [3.05, 3.63) is 94.5 Å². The zero-order chi connectivity index (χ0) is 23.5. The zero-order valence-corrected chi connectivity index (χ0v) is 18.3. The summed E-state index contributed by atoms with van der Waals surface area (Å²) in [5, 5.41) is 2.87. The summed E-state index contributed by atoms with van der Waals surface area (Å²) in [4.78, 5) is 50.5. The maximum absolute atomic E-state index is 12.5. The number of benzene rings is 3. The molecule has 7 nitrogen and oxygen atoms in total. The molecule has 7 heteroatoms. The van der Waals surface area contributed by atoms with E-state index in [-0.39, 0.29) is 24.6 Å². The third-order valence-electron chi connectivity index (χ3n) is 5.40. The predicted octanol–water partition coefficient (Wildman–Crippen LogP) is 4.15. The van der Waals surface area contributed by atoms with Crippen LogP contribution < -0.4 is 10.1 Å². The van der Waals surface area contributed by atoms with Crippen molar-refractivity contribution in [1.29, 1.82) is 0 Å². The van der Waals surface area contributed by atoms with Crippen LogP contribution in [0.2, 0.25) is 0 Å². The van der Waals surface area contributed by atoms with Gasteiger partial charge in [-0.3, -0.25) is 24.1 Å². The first-order valence-electron chi connectivity index (χ1n) is 10.5. The van der Waals surface area contributed by atoms with E-state index in [1.54, 1.807) is 36.4 Å². The Labute approximate surface area is 191 Å². The lowest BCUT2D eigenvalue weighted by Crippen LogP contribution is -2.32. The average molecular weight is 442 g/mol. The highest BCUT2D eigenvalue weighted by atomic mass is 16.5. The number of aryl methyl sites for hydroxylation is 2. The van der Waals surface area contributed by atoms with Gasteiger partial charge >= 0.3 is 5.97 Å². The molecule has 1 aliphatic rings. The number of nitrogens with one attached hydrogen (secondary N) is 1. The van der Waals surface area contributed by atoms with Crippen molar-refractivity contribution in [3.63, 3.8) is 0 Å². The maximum Gasteiger partial charge on any atom is 0.312 e. The fourth-order valence-corrected chi connectivity index (χ4v) is 3.65. The van der Waals surface area contributed by atoms with Gasteiger partial charge in [0.15, 0.2) is 0 Å². The second-order valence-corrected chi connectivity index (χ2v) is 7.83. The molecule has 166 valence electrons. The Bertz CT molecular complexity index is 1230. The molecule has 0 aliphatic carbocycles. The van der Waals surface area contributed by atoms with Crippen LogP contribution in [0.25, 0.3) is 0 Å². The van der Waals surface area contributed by atoms with Crippen LogP contribution in [-0.4, -0.2) is 35.1 Å². The Kier molecular flexibility index (Phi) is 6.04. The number of imide groups is 1. The Morgan fingerprint density at radius 2 is 1.52 bits per heavy atom. The Balaban J connectivity index is 1.32. The SMILES string of the molecule is Cc1ccc(NC(=O)c2ccc(OC(=O)CCN3C(=O)c4ccccc4C3=O)cc2)c(C)c1. The van der Waals surface area contributed by atoms with Gasteiger partial charge in [-0.05, 0) is 61.9 Å². The number of carbonyl (C=O) groups excluding carboxylic acids is 4. The Hall–Kier alpha value is -4.26. The van der Waals surface area contributed by atoms with Crippen molar-refractivity contribution in [2.24, 2.45) is 0 Å². The molecule has 0 aromatic heterocycles. The molecule has 0 radical (unpaired) electrons. The highest BCUT2D eigenvalue weighted by molar-refractivity contribution is 6.21. The van der Waals surface area contributed by atoms with Crippen LogP contribution in [0.4, 0.5) is 5.69 Å². The number of ether oxygens (including phenoxy) is 1. The number of esters is 1. The minimum atomic E-state index is -0.584. The quantitative estimate of drug-likeness (QED) is 0.352. The van der Waals surface area contributed by atoms with Gasteiger partial charge in [-0.1, -0.05) is 29.8 Å². The number of rotatable bonds is 6. The van der Waals surface area contributed by atoms with Crippen LogP contribution in [0.5, 0.6) is 5.75 Å². The van der Waals surface area contributed by atoms with E-state index >= 15 is 0 Å². The molecule has 0 saturated heterocycles. The van der Waals surface area contributed by atoms with Gasteiger partial charge in [0.1, 0.15) is 5.75 Å². The van der Waals surface area contributed by atoms with Gasteiger partial charge in [0, 0.05) is 17.8 Å². The third kappa shape index (κ3) is 4.67. The van der Waals surface area contributed by atoms with Gasteiger partial charge < -0.3 is 10.1 Å². The third-order valence-corrected chi connectivity index (χ3v) is 5.40. The number of amides is 3. The summed E-state index contributed by atoms with van der Waals surface area (Å²) in [6, 6.07) is 18.5. The summed E-state index contributed by atoms with van der Waals surface area (Å²) in [5.41, 5.74) is 3.90. The smallest absolute Gasteiger partial charge is 0.312 e. The summed E-state index contributed by atoms with van der Waals surface area (Å²) in [6.45, 7) is 3.84. The lowest BCUT2D eigenvalue weighted by atomic mass is 10.1. The summed E-state index contributed by atoms with van der Waals surface area (Å²) in [7, 11) is 0. The highest BCUT2D eigenvalue weighted by Gasteiger charge is 2.35. The monoisotopic (exact) mass is 442 g/mol. The zero-order valence-electron chi connectivity index (χ0n) is 18.3. The van der Waals surface area contributed by atoms with Crippen LogP contribution in [-0.2, 0) is 4.79 Å². The Morgan fingerprint density at radius 3 is 2.12 bits per heavy atom. The number of fused-ring (bicyclic) bond motifs is 1. The molecule has 0 unspecified atom stereocenters. The summed E-state index contributed by atoms with van der Waals surface area (Å²) in [6.07, 6.45) is -0.138. The molecule has 3 aromatic rings. The van der Waals surface area contributed by atoms with Gasteiger partial charge in [0.05, 0.1) is 17.5 Å². The van der Waals surface area contributed by atoms with E-state index < -0.39 is 17.8 Å². The van der Waals surface area contributed by atoms with Crippen LogP contribution in [0.3, 0.4) is 0 Å². The van der Waals surface area contributed by atoms with E-state index in [0.29, 0.717) is 16.7 Å². The number of anilines is 1. The molecule has 33 heavy (non-hydrogen) atoms. The van der Waals surface area contributed by atoms with Crippen LogP contribution in [0.15, 0.2) is 66.7 Å². The van der Waals surface area contributed by atoms with Crippen molar-refractivity contribution in [2.75, 3.05) is 11.9 Å². The standard InChI is InChI=1S/C26H22N2O5/c1-16-7-12-22(17(2)15-16)27-24(30)18-8-10-19(11-9-18)33-23(29)13-14-28-25(31)20-5-3-4-6-21(20)26(28)32/h3-12,15H,13-14H2,1-2H3,(H,27,30). The van der Waals surface area contributed by atoms with Gasteiger partial charge in [0.2, 0.25) is 0 Å². The minimum absolute atomic E-state index is 0.0679. The van der Waals surface area contributed by atoms with E-state index in [1.807, 2.05) is 32.0 Å². The molecule has 3 amide bonds. The van der Waals surface area contributed by atoms with Gasteiger partial charge in [-0.25, -0.2) is 0 Å². The molecule has 3 aromatic carbocycles. The van der Waals surface area contributed by atoms with Crippen molar-refractivity contribution in [1.82, 2.24) is 4.90 Å². The van der Waals surface area contributed by atoms with Crippen LogP contribution in [0, 0.1) is 13.8 Å². The van der Waals surface area contributed by atoms with E-state index in [0.717, 1.165) is 21.7 Å².